The zero-order chi connectivity index (χ0) is 15.0. The van der Waals surface area contributed by atoms with Crippen LogP contribution in [-0.4, -0.2) is 26.3 Å². The quantitative estimate of drug-likeness (QED) is 0.930. The van der Waals surface area contributed by atoms with Gasteiger partial charge in [-0.15, -0.1) is 0 Å². The normalized spacial score (nSPS) is 28.5. The molecule has 6 heteroatoms. The van der Waals surface area contributed by atoms with Crippen molar-refractivity contribution in [1.82, 2.24) is 5.32 Å². The summed E-state index contributed by atoms with van der Waals surface area (Å²) in [7, 11) is 1.36. The highest BCUT2D eigenvalue weighted by atomic mass is 19.4. The first kappa shape index (κ1) is 14.5. The summed E-state index contributed by atoms with van der Waals surface area (Å²) in [5, 5.41) is 3.36. The van der Waals surface area contributed by atoms with Crippen LogP contribution in [0, 0.1) is 11.8 Å². The molecular weight excluding hydrogens is 283 g/mol. The van der Waals surface area contributed by atoms with E-state index in [4.69, 9.17) is 9.47 Å². The van der Waals surface area contributed by atoms with Crippen LogP contribution < -0.4 is 14.8 Å². The summed E-state index contributed by atoms with van der Waals surface area (Å²) in [4.78, 5) is 0. The summed E-state index contributed by atoms with van der Waals surface area (Å²) in [5.74, 6) is 1.39. The molecule has 1 aromatic carbocycles. The standard InChI is InChI=1S/C15H18F3NO2/c1-20-13-6-11(15(16,17)18)4-5-12(13)21-14-9-2-3-10(14)8-19-7-9/h4-6,9-10,14,19H,2-3,7-8H2,1H3/t9-,10+,14?. The van der Waals surface area contributed by atoms with Crippen molar-refractivity contribution in [3.8, 4) is 11.5 Å². The average Bonchev–Trinajstić information content (AvgIpc) is 2.68. The van der Waals surface area contributed by atoms with Crippen molar-refractivity contribution in [3.63, 3.8) is 0 Å². The molecule has 1 N–H and O–H groups in total. The van der Waals surface area contributed by atoms with Gasteiger partial charge in [0.2, 0.25) is 0 Å². The molecule has 3 atom stereocenters. The molecule has 0 amide bonds. The summed E-state index contributed by atoms with van der Waals surface area (Å²) in [6.07, 6.45) is -2.10. The number of alkyl halides is 3. The molecule has 21 heavy (non-hydrogen) atoms. The van der Waals surface area contributed by atoms with E-state index in [0.29, 0.717) is 17.6 Å². The molecule has 1 aliphatic heterocycles. The van der Waals surface area contributed by atoms with E-state index >= 15 is 0 Å². The lowest BCUT2D eigenvalue weighted by atomic mass is 9.96. The summed E-state index contributed by atoms with van der Waals surface area (Å²) < 4.78 is 49.2. The fourth-order valence-corrected chi connectivity index (χ4v) is 3.31. The third-order valence-corrected chi connectivity index (χ3v) is 4.40. The fourth-order valence-electron chi connectivity index (χ4n) is 3.31. The number of hydrogen-bond acceptors (Lipinski definition) is 3. The first-order valence-electron chi connectivity index (χ1n) is 7.11. The summed E-state index contributed by atoms with van der Waals surface area (Å²) in [5.41, 5.74) is -0.722. The summed E-state index contributed by atoms with van der Waals surface area (Å²) >= 11 is 0. The molecule has 0 aromatic heterocycles. The fraction of sp³-hybridized carbons (Fsp3) is 0.600. The summed E-state index contributed by atoms with van der Waals surface area (Å²) in [6, 6.07) is 3.41. The number of ether oxygens (including phenoxy) is 2. The van der Waals surface area contributed by atoms with Crippen LogP contribution in [0.4, 0.5) is 13.2 Å². The molecule has 2 fully saturated rings. The Morgan fingerprint density at radius 2 is 1.76 bits per heavy atom. The van der Waals surface area contributed by atoms with Gasteiger partial charge >= 0.3 is 6.18 Å². The van der Waals surface area contributed by atoms with Gasteiger partial charge in [-0.05, 0) is 31.0 Å². The monoisotopic (exact) mass is 301 g/mol. The molecular formula is C15H18F3NO2. The van der Waals surface area contributed by atoms with E-state index in [9.17, 15) is 13.2 Å². The van der Waals surface area contributed by atoms with E-state index in [1.165, 1.54) is 13.2 Å². The minimum atomic E-state index is -4.38. The van der Waals surface area contributed by atoms with Crippen LogP contribution in [-0.2, 0) is 6.18 Å². The van der Waals surface area contributed by atoms with Crippen molar-refractivity contribution in [3.05, 3.63) is 23.8 Å². The maximum Gasteiger partial charge on any atom is 0.416 e. The summed E-state index contributed by atoms with van der Waals surface area (Å²) in [6.45, 7) is 1.81. The van der Waals surface area contributed by atoms with Crippen molar-refractivity contribution in [2.75, 3.05) is 20.2 Å². The Morgan fingerprint density at radius 1 is 1.10 bits per heavy atom. The number of hydrogen-bond donors (Lipinski definition) is 1. The van der Waals surface area contributed by atoms with E-state index in [1.807, 2.05) is 0 Å². The van der Waals surface area contributed by atoms with E-state index in [1.54, 1.807) is 0 Å². The molecule has 1 aromatic rings. The van der Waals surface area contributed by atoms with Crippen LogP contribution >= 0.6 is 0 Å². The second kappa shape index (κ2) is 5.40. The highest BCUT2D eigenvalue weighted by Crippen LogP contribution is 2.41. The van der Waals surface area contributed by atoms with Crippen molar-refractivity contribution in [2.24, 2.45) is 11.8 Å². The van der Waals surface area contributed by atoms with Gasteiger partial charge in [-0.3, -0.25) is 0 Å². The zero-order valence-electron chi connectivity index (χ0n) is 11.7. The minimum Gasteiger partial charge on any atom is -0.493 e. The maximum atomic E-state index is 12.7. The Bertz CT molecular complexity index is 502. The van der Waals surface area contributed by atoms with Gasteiger partial charge in [0.1, 0.15) is 6.10 Å². The van der Waals surface area contributed by atoms with E-state index < -0.39 is 11.7 Å². The second-order valence-electron chi connectivity index (χ2n) is 5.70. The molecule has 1 saturated carbocycles. The Labute approximate surface area is 121 Å². The van der Waals surface area contributed by atoms with Crippen LogP contribution in [0.5, 0.6) is 11.5 Å². The number of piperidine rings is 1. The number of nitrogens with one attached hydrogen (secondary N) is 1. The Balaban J connectivity index is 1.82. The highest BCUT2D eigenvalue weighted by Gasteiger charge is 2.41. The van der Waals surface area contributed by atoms with Crippen LogP contribution in [0.3, 0.4) is 0 Å². The largest absolute Gasteiger partial charge is 0.493 e. The third kappa shape index (κ3) is 2.81. The molecule has 2 aliphatic rings. The van der Waals surface area contributed by atoms with E-state index in [2.05, 4.69) is 5.32 Å². The minimum absolute atomic E-state index is 0.0666. The lowest BCUT2D eigenvalue weighted by molar-refractivity contribution is -0.137. The number of halogens is 3. The number of rotatable bonds is 3. The highest BCUT2D eigenvalue weighted by molar-refractivity contribution is 5.44. The van der Waals surface area contributed by atoms with Gasteiger partial charge in [-0.25, -0.2) is 0 Å². The van der Waals surface area contributed by atoms with E-state index in [0.717, 1.165) is 38.1 Å². The predicted molar refractivity (Wildman–Crippen MR) is 71.5 cm³/mol. The van der Waals surface area contributed by atoms with Gasteiger partial charge in [-0.1, -0.05) is 0 Å². The van der Waals surface area contributed by atoms with Gasteiger partial charge in [0.05, 0.1) is 12.7 Å². The van der Waals surface area contributed by atoms with Gasteiger partial charge in [0.25, 0.3) is 0 Å². The van der Waals surface area contributed by atoms with Crippen molar-refractivity contribution >= 4 is 0 Å². The van der Waals surface area contributed by atoms with Gasteiger partial charge < -0.3 is 14.8 Å². The third-order valence-electron chi connectivity index (χ3n) is 4.40. The number of benzene rings is 1. The van der Waals surface area contributed by atoms with Gasteiger partial charge in [0.15, 0.2) is 11.5 Å². The Hall–Kier alpha value is -1.43. The number of methoxy groups -OCH3 is 1. The zero-order valence-corrected chi connectivity index (χ0v) is 11.7. The topological polar surface area (TPSA) is 30.5 Å². The van der Waals surface area contributed by atoms with E-state index in [-0.39, 0.29) is 11.9 Å². The molecule has 0 spiro atoms. The van der Waals surface area contributed by atoms with Gasteiger partial charge in [-0.2, -0.15) is 13.2 Å². The van der Waals surface area contributed by atoms with Crippen molar-refractivity contribution in [2.45, 2.75) is 25.1 Å². The predicted octanol–water partition coefficient (Wildman–Crippen LogP) is 3.09. The first-order chi connectivity index (χ1) is 9.99. The van der Waals surface area contributed by atoms with Crippen molar-refractivity contribution < 1.29 is 22.6 Å². The van der Waals surface area contributed by atoms with Crippen molar-refractivity contribution in [1.29, 1.82) is 0 Å². The average molecular weight is 301 g/mol. The second-order valence-corrected chi connectivity index (χ2v) is 5.70. The van der Waals surface area contributed by atoms with Crippen LogP contribution in [0.2, 0.25) is 0 Å². The smallest absolute Gasteiger partial charge is 0.416 e. The van der Waals surface area contributed by atoms with Gasteiger partial charge in [0, 0.05) is 24.9 Å². The molecule has 3 nitrogen and oxygen atoms in total. The maximum absolute atomic E-state index is 12.7. The lowest BCUT2D eigenvalue weighted by Crippen LogP contribution is -2.44. The first-order valence-corrected chi connectivity index (χ1v) is 7.11. The van der Waals surface area contributed by atoms with Crippen LogP contribution in [0.25, 0.3) is 0 Å². The molecule has 1 unspecified atom stereocenters. The molecule has 1 saturated heterocycles. The SMILES string of the molecule is COc1cc(C(F)(F)F)ccc1OC1[C@@H]2CC[C@H]1CNC2. The molecule has 0 radical (unpaired) electrons. The molecule has 2 bridgehead atoms. The molecule has 116 valence electrons. The van der Waals surface area contributed by atoms with Crippen LogP contribution in [0.15, 0.2) is 18.2 Å². The molecule has 1 aliphatic carbocycles. The number of fused-ring (bicyclic) bond motifs is 2. The lowest BCUT2D eigenvalue weighted by Gasteiger charge is -2.31. The molecule has 1 heterocycles. The Morgan fingerprint density at radius 3 is 2.33 bits per heavy atom. The van der Waals surface area contributed by atoms with Crippen LogP contribution in [0.1, 0.15) is 18.4 Å². The Kier molecular flexibility index (Phi) is 3.73. The molecule has 3 rings (SSSR count).